The maximum absolute atomic E-state index is 11.0. The second-order valence-electron chi connectivity index (χ2n) is 5.21. The van der Waals surface area contributed by atoms with Crippen molar-refractivity contribution in [1.29, 1.82) is 0 Å². The van der Waals surface area contributed by atoms with E-state index in [2.05, 4.69) is 4.90 Å². The minimum absolute atomic E-state index is 0.0644. The number of carboxylic acid groups (broad SMARTS) is 1. The van der Waals surface area contributed by atoms with Crippen molar-refractivity contribution in [2.24, 2.45) is 5.73 Å². The Morgan fingerprint density at radius 2 is 1.95 bits per heavy atom. The van der Waals surface area contributed by atoms with Crippen LogP contribution >= 0.6 is 0 Å². The van der Waals surface area contributed by atoms with E-state index in [1.807, 2.05) is 24.3 Å². The number of rotatable bonds is 6. The molecule has 5 heteroatoms. The van der Waals surface area contributed by atoms with Gasteiger partial charge in [-0.3, -0.25) is 9.69 Å². The van der Waals surface area contributed by atoms with E-state index in [1.165, 1.54) is 0 Å². The summed E-state index contributed by atoms with van der Waals surface area (Å²) in [5.41, 5.74) is 6.83. The molecule has 0 unspecified atom stereocenters. The first kappa shape index (κ1) is 14.8. The van der Waals surface area contributed by atoms with Gasteiger partial charge in [-0.15, -0.1) is 0 Å². The summed E-state index contributed by atoms with van der Waals surface area (Å²) in [6, 6.07) is 7.04. The first-order valence-corrected chi connectivity index (χ1v) is 6.98. The van der Waals surface area contributed by atoms with Crippen molar-refractivity contribution in [3.05, 3.63) is 29.8 Å². The van der Waals surface area contributed by atoms with Crippen molar-refractivity contribution < 1.29 is 14.6 Å². The van der Waals surface area contributed by atoms with Crippen LogP contribution in [0.4, 0.5) is 0 Å². The van der Waals surface area contributed by atoms with Crippen LogP contribution in [-0.2, 0) is 4.79 Å². The zero-order valence-electron chi connectivity index (χ0n) is 11.8. The van der Waals surface area contributed by atoms with Crippen LogP contribution in [0.1, 0.15) is 30.9 Å². The highest BCUT2D eigenvalue weighted by Gasteiger charge is 2.27. The van der Waals surface area contributed by atoms with Crippen LogP contribution in [0.5, 0.6) is 5.75 Å². The average Bonchev–Trinajstić information content (AvgIpc) is 2.98. The number of methoxy groups -OCH3 is 1. The Kier molecular flexibility index (Phi) is 4.98. The van der Waals surface area contributed by atoms with Gasteiger partial charge in [0.2, 0.25) is 0 Å². The predicted molar refractivity (Wildman–Crippen MR) is 76.8 cm³/mol. The smallest absolute Gasteiger partial charge is 0.320 e. The van der Waals surface area contributed by atoms with Crippen molar-refractivity contribution in [3.63, 3.8) is 0 Å². The molecule has 0 aliphatic carbocycles. The van der Waals surface area contributed by atoms with E-state index in [0.29, 0.717) is 6.42 Å². The first-order chi connectivity index (χ1) is 9.61. The molecule has 1 aliphatic rings. The van der Waals surface area contributed by atoms with Crippen LogP contribution in [-0.4, -0.2) is 42.2 Å². The molecule has 1 fully saturated rings. The Labute approximate surface area is 119 Å². The number of ether oxygens (including phenoxy) is 1. The maximum Gasteiger partial charge on any atom is 0.320 e. The second-order valence-corrected chi connectivity index (χ2v) is 5.21. The molecule has 1 aromatic rings. The van der Waals surface area contributed by atoms with Gasteiger partial charge in [0.25, 0.3) is 0 Å². The molecule has 5 nitrogen and oxygen atoms in total. The topological polar surface area (TPSA) is 75.8 Å². The van der Waals surface area contributed by atoms with Crippen molar-refractivity contribution in [2.75, 3.05) is 20.2 Å². The number of carboxylic acids is 1. The van der Waals surface area contributed by atoms with Gasteiger partial charge in [0, 0.05) is 6.04 Å². The third kappa shape index (κ3) is 3.49. The molecule has 0 radical (unpaired) electrons. The fourth-order valence-corrected chi connectivity index (χ4v) is 2.72. The lowest BCUT2D eigenvalue weighted by Crippen LogP contribution is -2.36. The fraction of sp³-hybridized carbons (Fsp3) is 0.533. The van der Waals surface area contributed by atoms with Crippen LogP contribution in [0.25, 0.3) is 0 Å². The van der Waals surface area contributed by atoms with Gasteiger partial charge in [-0.25, -0.2) is 0 Å². The van der Waals surface area contributed by atoms with Gasteiger partial charge in [0.15, 0.2) is 0 Å². The highest BCUT2D eigenvalue weighted by molar-refractivity contribution is 5.73. The molecule has 110 valence electrons. The van der Waals surface area contributed by atoms with Crippen LogP contribution < -0.4 is 10.5 Å². The van der Waals surface area contributed by atoms with Crippen LogP contribution in [0.15, 0.2) is 24.3 Å². The summed E-state index contributed by atoms with van der Waals surface area (Å²) in [6.45, 7) is 2.01. The molecule has 20 heavy (non-hydrogen) atoms. The minimum Gasteiger partial charge on any atom is -0.497 e. The first-order valence-electron chi connectivity index (χ1n) is 6.98. The summed E-state index contributed by atoms with van der Waals surface area (Å²) >= 11 is 0. The van der Waals surface area contributed by atoms with Crippen LogP contribution in [0, 0.1) is 0 Å². The summed E-state index contributed by atoms with van der Waals surface area (Å²) in [5, 5.41) is 9.04. The number of hydrogen-bond donors (Lipinski definition) is 2. The zero-order chi connectivity index (χ0) is 14.5. The van der Waals surface area contributed by atoms with Crippen molar-refractivity contribution in [2.45, 2.75) is 31.3 Å². The molecule has 0 spiro atoms. The second kappa shape index (κ2) is 6.72. The maximum atomic E-state index is 11.0. The number of hydrogen-bond acceptors (Lipinski definition) is 4. The molecule has 0 bridgehead atoms. The molecule has 3 N–H and O–H groups in total. The van der Waals surface area contributed by atoms with Gasteiger partial charge in [-0.05, 0) is 50.0 Å². The largest absolute Gasteiger partial charge is 0.497 e. The lowest BCUT2D eigenvalue weighted by atomic mass is 9.98. The Hall–Kier alpha value is -1.59. The highest BCUT2D eigenvalue weighted by Crippen LogP contribution is 2.30. The summed E-state index contributed by atoms with van der Waals surface area (Å²) in [6.07, 6.45) is 2.76. The third-order valence-corrected chi connectivity index (χ3v) is 3.88. The molecule has 2 atom stereocenters. The van der Waals surface area contributed by atoms with E-state index in [-0.39, 0.29) is 6.04 Å². The molecule has 0 aromatic heterocycles. The summed E-state index contributed by atoms with van der Waals surface area (Å²) in [5.74, 6) is -0.140. The summed E-state index contributed by atoms with van der Waals surface area (Å²) < 4.78 is 5.16. The molecular formula is C15H22N2O3. The minimum atomic E-state index is -0.942. The normalized spacial score (nSPS) is 18.7. The molecule has 1 saturated heterocycles. The SMILES string of the molecule is COc1ccc([C@H](C[C@@H](N)C(=O)O)N2CCCC2)cc1. The van der Waals surface area contributed by atoms with Crippen molar-refractivity contribution in [1.82, 2.24) is 4.90 Å². The molecular weight excluding hydrogens is 256 g/mol. The number of benzene rings is 1. The Bertz CT molecular complexity index is 441. The van der Waals surface area contributed by atoms with E-state index in [1.54, 1.807) is 7.11 Å². The number of likely N-dealkylation sites (tertiary alicyclic amines) is 1. The Morgan fingerprint density at radius 3 is 2.45 bits per heavy atom. The van der Waals surface area contributed by atoms with Gasteiger partial charge in [-0.2, -0.15) is 0 Å². The molecule has 0 amide bonds. The van der Waals surface area contributed by atoms with E-state index in [4.69, 9.17) is 15.6 Å². The molecule has 1 heterocycles. The molecule has 1 aliphatic heterocycles. The van der Waals surface area contributed by atoms with Gasteiger partial charge < -0.3 is 15.6 Å². The zero-order valence-corrected chi connectivity index (χ0v) is 11.8. The quantitative estimate of drug-likeness (QED) is 0.827. The van der Waals surface area contributed by atoms with Crippen LogP contribution in [0.3, 0.4) is 0 Å². The molecule has 2 rings (SSSR count). The standard InChI is InChI=1S/C15H22N2O3/c1-20-12-6-4-11(5-7-12)14(10-13(16)15(18)19)17-8-2-3-9-17/h4-7,13-14H,2-3,8-10,16H2,1H3,(H,18,19)/t13-,14+/m1/s1. The predicted octanol–water partition coefficient (Wildman–Crippen LogP) is 1.63. The van der Waals surface area contributed by atoms with E-state index in [0.717, 1.165) is 37.2 Å². The lowest BCUT2D eigenvalue weighted by molar-refractivity contribution is -0.139. The molecule has 0 saturated carbocycles. The van der Waals surface area contributed by atoms with Gasteiger partial charge in [0.05, 0.1) is 7.11 Å². The van der Waals surface area contributed by atoms with E-state index < -0.39 is 12.0 Å². The van der Waals surface area contributed by atoms with Gasteiger partial charge in [-0.1, -0.05) is 12.1 Å². The third-order valence-electron chi connectivity index (χ3n) is 3.88. The van der Waals surface area contributed by atoms with E-state index >= 15 is 0 Å². The fourth-order valence-electron chi connectivity index (χ4n) is 2.72. The summed E-state index contributed by atoms with van der Waals surface area (Å²) in [4.78, 5) is 13.3. The highest BCUT2D eigenvalue weighted by atomic mass is 16.5. The number of aliphatic carboxylic acids is 1. The van der Waals surface area contributed by atoms with Crippen molar-refractivity contribution in [3.8, 4) is 5.75 Å². The van der Waals surface area contributed by atoms with Gasteiger partial charge in [0.1, 0.15) is 11.8 Å². The monoisotopic (exact) mass is 278 g/mol. The molecule has 1 aromatic carbocycles. The number of nitrogens with two attached hydrogens (primary N) is 1. The van der Waals surface area contributed by atoms with E-state index in [9.17, 15) is 4.79 Å². The van der Waals surface area contributed by atoms with Gasteiger partial charge >= 0.3 is 5.97 Å². The lowest BCUT2D eigenvalue weighted by Gasteiger charge is -2.29. The Morgan fingerprint density at radius 1 is 1.35 bits per heavy atom. The number of carbonyl (C=O) groups is 1. The average molecular weight is 278 g/mol. The van der Waals surface area contributed by atoms with Crippen LogP contribution in [0.2, 0.25) is 0 Å². The number of nitrogens with zero attached hydrogens (tertiary/aromatic N) is 1. The Balaban J connectivity index is 2.17. The summed E-state index contributed by atoms with van der Waals surface area (Å²) in [7, 11) is 1.63. The van der Waals surface area contributed by atoms with Crippen molar-refractivity contribution >= 4 is 5.97 Å².